The Morgan fingerprint density at radius 3 is 2.54 bits per heavy atom. The lowest BCUT2D eigenvalue weighted by atomic mass is 10.2. The third kappa shape index (κ3) is 5.48. The number of thioether (sulfide) groups is 1. The number of hydrogen-bond donors (Lipinski definition) is 1. The minimum Gasteiger partial charge on any atom is -0.300 e. The van der Waals surface area contributed by atoms with Crippen molar-refractivity contribution in [2.24, 2.45) is 0 Å². The number of rotatable bonds is 6. The summed E-state index contributed by atoms with van der Waals surface area (Å²) in [7, 11) is 0. The summed E-state index contributed by atoms with van der Waals surface area (Å²) < 4.78 is 0. The van der Waals surface area contributed by atoms with Crippen LogP contribution in [0.4, 0.5) is 5.13 Å². The van der Waals surface area contributed by atoms with E-state index >= 15 is 0 Å². The van der Waals surface area contributed by atoms with E-state index in [-0.39, 0.29) is 11.7 Å². The second-order valence-electron chi connectivity index (χ2n) is 5.57. The van der Waals surface area contributed by atoms with Crippen molar-refractivity contribution in [3.8, 4) is 0 Å². The number of benzene rings is 1. The average molecular weight is 406 g/mol. The van der Waals surface area contributed by atoms with Crippen LogP contribution in [0.25, 0.3) is 0 Å². The van der Waals surface area contributed by atoms with Crippen LogP contribution < -0.4 is 5.32 Å². The van der Waals surface area contributed by atoms with Gasteiger partial charge in [-0.3, -0.25) is 10.1 Å². The summed E-state index contributed by atoms with van der Waals surface area (Å²) in [5.41, 5.74) is 2.86. The second kappa shape index (κ2) is 8.57. The molecule has 1 N–H and O–H groups in total. The third-order valence-corrected chi connectivity index (χ3v) is 5.21. The minimum atomic E-state index is -0.160. The van der Waals surface area contributed by atoms with E-state index in [9.17, 15) is 4.79 Å². The van der Waals surface area contributed by atoms with Crippen LogP contribution in [0.2, 0.25) is 5.02 Å². The highest BCUT2D eigenvalue weighted by Gasteiger charge is 2.10. The van der Waals surface area contributed by atoms with Gasteiger partial charge in [0.05, 0.1) is 5.75 Å². The van der Waals surface area contributed by atoms with Crippen molar-refractivity contribution in [3.05, 3.63) is 57.3 Å². The van der Waals surface area contributed by atoms with Crippen molar-refractivity contribution < 1.29 is 4.79 Å². The summed E-state index contributed by atoms with van der Waals surface area (Å²) in [6, 6.07) is 9.47. The number of hydrogen-bond acceptors (Lipinski definition) is 7. The summed E-state index contributed by atoms with van der Waals surface area (Å²) in [5.74, 6) is 0.0570. The zero-order valence-electron chi connectivity index (χ0n) is 14.2. The van der Waals surface area contributed by atoms with Crippen molar-refractivity contribution >= 4 is 45.7 Å². The molecule has 9 heteroatoms. The molecule has 0 aliphatic heterocycles. The number of nitrogens with zero attached hydrogens (tertiary/aromatic N) is 4. The van der Waals surface area contributed by atoms with Crippen LogP contribution in [0.1, 0.15) is 22.0 Å². The van der Waals surface area contributed by atoms with Gasteiger partial charge in [-0.1, -0.05) is 46.8 Å². The first-order valence-corrected chi connectivity index (χ1v) is 9.98. The number of aromatic nitrogens is 4. The summed E-state index contributed by atoms with van der Waals surface area (Å²) >= 11 is 8.54. The van der Waals surface area contributed by atoms with Gasteiger partial charge < -0.3 is 0 Å². The molecule has 0 saturated heterocycles. The Balaban J connectivity index is 1.53. The lowest BCUT2D eigenvalue weighted by molar-refractivity contribution is -0.113. The molecule has 0 atom stereocenters. The highest BCUT2D eigenvalue weighted by atomic mass is 35.5. The van der Waals surface area contributed by atoms with Crippen LogP contribution in [-0.2, 0) is 11.2 Å². The quantitative estimate of drug-likeness (QED) is 0.494. The molecule has 0 unspecified atom stereocenters. The Labute approximate surface area is 164 Å². The van der Waals surface area contributed by atoms with Crippen molar-refractivity contribution in [3.63, 3.8) is 0 Å². The Hall–Kier alpha value is -2.03. The molecule has 26 heavy (non-hydrogen) atoms. The molecule has 0 spiro atoms. The fraction of sp³-hybridized carbons (Fsp3) is 0.235. The minimum absolute atomic E-state index is 0.160. The van der Waals surface area contributed by atoms with E-state index in [1.54, 1.807) is 0 Å². The summed E-state index contributed by atoms with van der Waals surface area (Å²) in [5, 5.41) is 13.5. The maximum absolute atomic E-state index is 12.1. The Morgan fingerprint density at radius 1 is 1.15 bits per heavy atom. The van der Waals surface area contributed by atoms with Crippen LogP contribution >= 0.6 is 34.7 Å². The third-order valence-electron chi connectivity index (χ3n) is 3.28. The Morgan fingerprint density at radius 2 is 1.85 bits per heavy atom. The van der Waals surface area contributed by atoms with E-state index in [4.69, 9.17) is 11.6 Å². The average Bonchev–Trinajstić information content (AvgIpc) is 3.01. The molecule has 3 aromatic rings. The zero-order valence-corrected chi connectivity index (χ0v) is 16.6. The van der Waals surface area contributed by atoms with Gasteiger partial charge in [0.25, 0.3) is 0 Å². The smallest absolute Gasteiger partial charge is 0.236 e. The topological polar surface area (TPSA) is 80.7 Å². The summed E-state index contributed by atoms with van der Waals surface area (Å²) in [6.07, 6.45) is 0.649. The lowest BCUT2D eigenvalue weighted by Crippen LogP contribution is -2.14. The molecule has 2 heterocycles. The number of carbonyl (C=O) groups excluding carboxylic acids is 1. The van der Waals surface area contributed by atoms with Crippen LogP contribution in [0, 0.1) is 13.8 Å². The predicted molar refractivity (Wildman–Crippen MR) is 105 cm³/mol. The molecule has 0 aliphatic rings. The van der Waals surface area contributed by atoms with Gasteiger partial charge in [-0.05, 0) is 37.6 Å². The van der Waals surface area contributed by atoms with Crippen LogP contribution in [0.5, 0.6) is 0 Å². The highest BCUT2D eigenvalue weighted by molar-refractivity contribution is 7.99. The molecular weight excluding hydrogens is 390 g/mol. The van der Waals surface area contributed by atoms with Crippen LogP contribution in [0.15, 0.2) is 35.5 Å². The van der Waals surface area contributed by atoms with Crippen molar-refractivity contribution in [1.29, 1.82) is 0 Å². The fourth-order valence-corrected chi connectivity index (χ4v) is 3.86. The number of aryl methyl sites for hydroxylation is 2. The zero-order chi connectivity index (χ0) is 18.5. The van der Waals surface area contributed by atoms with Gasteiger partial charge in [0.15, 0.2) is 5.16 Å². The number of nitrogens with one attached hydrogen (secondary N) is 1. The fourth-order valence-electron chi connectivity index (χ4n) is 2.20. The first kappa shape index (κ1) is 18.8. The largest absolute Gasteiger partial charge is 0.300 e. The summed E-state index contributed by atoms with van der Waals surface area (Å²) in [4.78, 5) is 20.7. The Kier molecular flexibility index (Phi) is 6.18. The Bertz CT molecular complexity index is 894. The highest BCUT2D eigenvalue weighted by Crippen LogP contribution is 2.20. The first-order valence-electron chi connectivity index (χ1n) is 7.80. The molecule has 2 aromatic heterocycles. The van der Waals surface area contributed by atoms with E-state index in [1.807, 2.05) is 44.2 Å². The maximum atomic E-state index is 12.1. The second-order valence-corrected chi connectivity index (χ2v) is 8.02. The summed E-state index contributed by atoms with van der Waals surface area (Å²) in [6.45, 7) is 3.81. The van der Waals surface area contributed by atoms with Crippen LogP contribution in [0.3, 0.4) is 0 Å². The molecule has 0 radical (unpaired) electrons. The molecular formula is C17H16ClN5OS2. The normalized spacial score (nSPS) is 10.7. The van der Waals surface area contributed by atoms with E-state index in [1.165, 1.54) is 23.1 Å². The molecule has 0 saturated carbocycles. The number of halogens is 1. The predicted octanol–water partition coefficient (Wildman–Crippen LogP) is 3.92. The molecule has 3 rings (SSSR count). The van der Waals surface area contributed by atoms with Gasteiger partial charge in [0.1, 0.15) is 5.01 Å². The van der Waals surface area contributed by atoms with Gasteiger partial charge in [-0.2, -0.15) is 0 Å². The number of carbonyl (C=O) groups is 1. The van der Waals surface area contributed by atoms with Gasteiger partial charge in [0.2, 0.25) is 11.0 Å². The van der Waals surface area contributed by atoms with Gasteiger partial charge >= 0.3 is 0 Å². The van der Waals surface area contributed by atoms with Crippen molar-refractivity contribution in [2.45, 2.75) is 25.4 Å². The standard InChI is InChI=1S/C17H16ClN5OS2/c1-10-7-11(2)20-16(19-10)25-9-14(24)21-17-23-22-15(26-17)8-12-3-5-13(18)6-4-12/h3-7H,8-9H2,1-2H3,(H,21,23,24). The molecule has 6 nitrogen and oxygen atoms in total. The molecule has 0 fully saturated rings. The lowest BCUT2D eigenvalue weighted by Gasteiger charge is -2.03. The monoisotopic (exact) mass is 405 g/mol. The molecule has 0 aliphatic carbocycles. The molecule has 1 aromatic carbocycles. The molecule has 134 valence electrons. The molecule has 1 amide bonds. The van der Waals surface area contributed by atoms with E-state index in [0.29, 0.717) is 21.7 Å². The number of amides is 1. The van der Waals surface area contributed by atoms with Gasteiger partial charge in [0, 0.05) is 22.8 Å². The molecule has 0 bridgehead atoms. The number of anilines is 1. The SMILES string of the molecule is Cc1cc(C)nc(SCC(=O)Nc2nnc(Cc3ccc(Cl)cc3)s2)n1. The van der Waals surface area contributed by atoms with Crippen LogP contribution in [-0.4, -0.2) is 31.8 Å². The van der Waals surface area contributed by atoms with Gasteiger partial charge in [-0.25, -0.2) is 9.97 Å². The van der Waals surface area contributed by atoms with Crippen molar-refractivity contribution in [1.82, 2.24) is 20.2 Å². The van der Waals surface area contributed by atoms with Crippen molar-refractivity contribution in [2.75, 3.05) is 11.1 Å². The van der Waals surface area contributed by atoms with Gasteiger partial charge in [-0.15, -0.1) is 10.2 Å². The maximum Gasteiger partial charge on any atom is 0.236 e. The van der Waals surface area contributed by atoms with E-state index in [2.05, 4.69) is 25.5 Å². The van der Waals surface area contributed by atoms with E-state index in [0.717, 1.165) is 22.0 Å². The van der Waals surface area contributed by atoms with E-state index < -0.39 is 0 Å². The first-order chi connectivity index (χ1) is 12.5.